The van der Waals surface area contributed by atoms with Gasteiger partial charge in [-0.1, -0.05) is 48.5 Å². The van der Waals surface area contributed by atoms with E-state index in [1.54, 1.807) is 0 Å². The Bertz CT molecular complexity index is 1170. The second-order valence-corrected chi connectivity index (χ2v) is 17.5. The zero-order chi connectivity index (χ0) is 26.3. The molecule has 0 N–H and O–H groups in total. The molecule has 1 unspecified atom stereocenters. The van der Waals surface area contributed by atoms with Gasteiger partial charge in [0.05, 0.1) is 12.4 Å². The van der Waals surface area contributed by atoms with Gasteiger partial charge in [0.2, 0.25) is 0 Å². The predicted octanol–water partition coefficient (Wildman–Crippen LogP) is 7.61. The molecule has 36 heavy (non-hydrogen) atoms. The molecule has 5 nitrogen and oxygen atoms in total. The van der Waals surface area contributed by atoms with Crippen LogP contribution < -0.4 is 4.90 Å². The van der Waals surface area contributed by atoms with E-state index in [4.69, 9.17) is 13.8 Å². The van der Waals surface area contributed by atoms with E-state index in [9.17, 15) is 0 Å². The zero-order valence-electron chi connectivity index (χ0n) is 23.8. The molecular weight excluding hydrogens is 462 g/mol. The summed E-state index contributed by atoms with van der Waals surface area (Å²) in [4.78, 5) is 12.0. The number of nitrogens with zero attached hydrogens (tertiary/aromatic N) is 3. The van der Waals surface area contributed by atoms with E-state index in [2.05, 4.69) is 89.6 Å². The molecule has 3 aromatic heterocycles. The fraction of sp³-hybridized carbons (Fsp3) is 0.600. The Balaban J connectivity index is 1.48. The maximum Gasteiger partial charge on any atom is 0.192 e. The summed E-state index contributed by atoms with van der Waals surface area (Å²) in [5.41, 5.74) is 6.75. The quantitative estimate of drug-likeness (QED) is 0.308. The Labute approximate surface area is 218 Å². The third kappa shape index (κ3) is 5.55. The lowest BCUT2D eigenvalue weighted by Gasteiger charge is -2.48. The minimum Gasteiger partial charge on any atom is -0.462 e. The van der Waals surface area contributed by atoms with Crippen molar-refractivity contribution >= 4 is 25.1 Å². The van der Waals surface area contributed by atoms with Crippen molar-refractivity contribution in [3.8, 4) is 0 Å². The third-order valence-electron chi connectivity index (χ3n) is 8.37. The van der Waals surface area contributed by atoms with Gasteiger partial charge in [0.15, 0.2) is 13.9 Å². The number of piperidine rings is 1. The number of hydrogen-bond acceptors (Lipinski definition) is 5. The molecule has 0 amide bonds. The van der Waals surface area contributed by atoms with Crippen molar-refractivity contribution in [2.45, 2.75) is 91.5 Å². The van der Waals surface area contributed by atoms with E-state index in [1.165, 1.54) is 16.8 Å². The Kier molecular flexibility index (Phi) is 7.68. The van der Waals surface area contributed by atoms with Crippen LogP contribution in [0, 0.1) is 11.8 Å². The van der Waals surface area contributed by atoms with Crippen LogP contribution in [0.1, 0.15) is 71.2 Å². The smallest absolute Gasteiger partial charge is 0.192 e. The fourth-order valence-electron chi connectivity index (χ4n) is 5.19. The van der Waals surface area contributed by atoms with E-state index < -0.39 is 8.32 Å². The summed E-state index contributed by atoms with van der Waals surface area (Å²) < 4.78 is 12.6. The summed E-state index contributed by atoms with van der Waals surface area (Å²) in [5, 5.41) is 0.227. The van der Waals surface area contributed by atoms with Crippen LogP contribution in [0.4, 0.5) is 5.69 Å². The van der Waals surface area contributed by atoms with Gasteiger partial charge in [-0.3, -0.25) is 4.98 Å². The average Bonchev–Trinajstić information content (AvgIpc) is 3.23. The number of aromatic nitrogens is 2. The van der Waals surface area contributed by atoms with Gasteiger partial charge in [0.1, 0.15) is 5.52 Å². The first-order valence-electron chi connectivity index (χ1n) is 13.6. The zero-order valence-corrected chi connectivity index (χ0v) is 24.8. The van der Waals surface area contributed by atoms with Gasteiger partial charge >= 0.3 is 0 Å². The third-order valence-corrected chi connectivity index (χ3v) is 12.8. The van der Waals surface area contributed by atoms with Crippen molar-refractivity contribution in [3.63, 3.8) is 0 Å². The topological polar surface area (TPSA) is 51.4 Å². The highest BCUT2D eigenvalue weighted by Gasteiger charge is 2.43. The molecular formula is C30H45N3O2Si. The van der Waals surface area contributed by atoms with Crippen LogP contribution in [-0.4, -0.2) is 37.5 Å². The first-order valence-corrected chi connectivity index (χ1v) is 16.5. The molecule has 3 atom stereocenters. The summed E-state index contributed by atoms with van der Waals surface area (Å²) in [6.07, 6.45) is 7.93. The van der Waals surface area contributed by atoms with Crippen LogP contribution in [0.2, 0.25) is 18.1 Å². The molecule has 0 saturated carbocycles. The van der Waals surface area contributed by atoms with Crippen LogP contribution in [0.15, 0.2) is 41.3 Å². The minimum atomic E-state index is -1.81. The highest BCUT2D eigenvalue weighted by molar-refractivity contribution is 6.74. The molecule has 0 spiro atoms. The summed E-state index contributed by atoms with van der Waals surface area (Å²) in [6.45, 7) is 22.8. The predicted molar refractivity (Wildman–Crippen MR) is 152 cm³/mol. The molecule has 3 aromatic rings. The van der Waals surface area contributed by atoms with Crippen molar-refractivity contribution in [1.29, 1.82) is 0 Å². The van der Waals surface area contributed by atoms with Crippen LogP contribution in [-0.2, 0) is 17.3 Å². The molecule has 4 heterocycles. The van der Waals surface area contributed by atoms with E-state index >= 15 is 0 Å². The summed E-state index contributed by atoms with van der Waals surface area (Å²) >= 11 is 0. The second kappa shape index (κ2) is 10.3. The summed E-state index contributed by atoms with van der Waals surface area (Å²) in [7, 11) is -1.81. The lowest BCUT2D eigenvalue weighted by atomic mass is 9.87. The summed E-state index contributed by atoms with van der Waals surface area (Å²) in [5.74, 6) is 1.35. The highest BCUT2D eigenvalue weighted by atomic mass is 28.4. The maximum absolute atomic E-state index is 6.93. The molecule has 6 heteroatoms. The van der Waals surface area contributed by atoms with Gasteiger partial charge in [-0.15, -0.1) is 0 Å². The van der Waals surface area contributed by atoms with Gasteiger partial charge in [-0.2, -0.15) is 0 Å². The van der Waals surface area contributed by atoms with Crippen molar-refractivity contribution in [2.24, 2.45) is 11.8 Å². The number of hydrogen-bond donors (Lipinski definition) is 0. The van der Waals surface area contributed by atoms with E-state index in [0.717, 1.165) is 42.7 Å². The van der Waals surface area contributed by atoms with E-state index in [1.807, 2.05) is 18.7 Å². The van der Waals surface area contributed by atoms with E-state index in [-0.39, 0.29) is 5.04 Å². The van der Waals surface area contributed by atoms with Crippen LogP contribution >= 0.6 is 0 Å². The number of fused-ring (bicyclic) bond motifs is 1. The molecule has 0 aliphatic carbocycles. The fourth-order valence-corrected chi connectivity index (χ4v) is 6.69. The number of aryl methyl sites for hydroxylation is 2. The summed E-state index contributed by atoms with van der Waals surface area (Å²) in [6, 6.07) is 6.34. The van der Waals surface area contributed by atoms with Gasteiger partial charge < -0.3 is 13.7 Å². The monoisotopic (exact) mass is 507 g/mol. The van der Waals surface area contributed by atoms with E-state index in [0.29, 0.717) is 23.9 Å². The van der Waals surface area contributed by atoms with Crippen molar-refractivity contribution in [1.82, 2.24) is 9.97 Å². The molecule has 1 saturated heterocycles. The van der Waals surface area contributed by atoms with Crippen molar-refractivity contribution in [2.75, 3.05) is 18.0 Å². The lowest BCUT2D eigenvalue weighted by molar-refractivity contribution is 0.0627. The van der Waals surface area contributed by atoms with Gasteiger partial charge in [-0.25, -0.2) is 4.98 Å². The molecule has 0 aromatic carbocycles. The average molecular weight is 508 g/mol. The van der Waals surface area contributed by atoms with Crippen LogP contribution in [0.3, 0.4) is 0 Å². The number of pyridine rings is 2. The highest BCUT2D eigenvalue weighted by Crippen LogP contribution is 2.41. The second-order valence-electron chi connectivity index (χ2n) is 12.7. The largest absolute Gasteiger partial charge is 0.462 e. The molecule has 1 aliphatic heterocycles. The number of furan rings is 1. The van der Waals surface area contributed by atoms with Gasteiger partial charge in [-0.05, 0) is 72.5 Å². The SMILES string of the molecule is CC(C)c1coc2ccc(CCc3cnccc3N3C[C@@H](C)C(O[Si](C)(C)C(C)(C)C)[C@@H](C)C3)nc12. The number of anilines is 1. The molecule has 196 valence electrons. The number of rotatable bonds is 7. The molecule has 1 fully saturated rings. The first kappa shape index (κ1) is 26.9. The van der Waals surface area contributed by atoms with Crippen molar-refractivity contribution in [3.05, 3.63) is 53.7 Å². The Morgan fingerprint density at radius 3 is 2.42 bits per heavy atom. The molecule has 1 aliphatic rings. The Hall–Kier alpha value is -2.18. The van der Waals surface area contributed by atoms with Crippen LogP contribution in [0.5, 0.6) is 0 Å². The lowest BCUT2D eigenvalue weighted by Crippen LogP contribution is -2.54. The van der Waals surface area contributed by atoms with Gasteiger partial charge in [0.25, 0.3) is 0 Å². The Morgan fingerprint density at radius 1 is 1.08 bits per heavy atom. The van der Waals surface area contributed by atoms with Crippen molar-refractivity contribution < 1.29 is 8.84 Å². The Morgan fingerprint density at radius 2 is 1.78 bits per heavy atom. The first-order chi connectivity index (χ1) is 16.9. The molecule has 0 radical (unpaired) electrons. The molecule has 4 rings (SSSR count). The normalized spacial score (nSPS) is 21.5. The van der Waals surface area contributed by atoms with Crippen LogP contribution in [0.25, 0.3) is 11.1 Å². The molecule has 0 bridgehead atoms. The van der Waals surface area contributed by atoms with Gasteiger partial charge in [0, 0.05) is 42.4 Å². The maximum atomic E-state index is 6.93. The minimum absolute atomic E-state index is 0.227. The standard InChI is InChI=1S/C30H45N3O2Si/c1-20(2)25-19-34-27-13-12-24(32-28(25)27)11-10-23-16-31-15-14-26(23)33-17-21(3)29(22(4)18-33)35-36(8,9)30(5,6)7/h12-16,19-22,29H,10-11,17-18H2,1-9H3/t21-,22+,29?.